The van der Waals surface area contributed by atoms with Gasteiger partial charge in [-0.2, -0.15) is 0 Å². The molecule has 2 aliphatic rings. The topological polar surface area (TPSA) is 103 Å². The zero-order valence-electron chi connectivity index (χ0n) is 17.0. The van der Waals surface area contributed by atoms with Crippen molar-refractivity contribution in [2.24, 2.45) is 0 Å². The number of sulfonamides is 1. The minimum Gasteiger partial charge on any atom is -0.364 e. The maximum Gasteiger partial charge on any atom is 0.270 e. The molecule has 0 radical (unpaired) electrons. The molecule has 1 aromatic heterocycles. The lowest BCUT2D eigenvalue weighted by Gasteiger charge is -2.32. The molecule has 0 saturated carbocycles. The predicted molar refractivity (Wildman–Crippen MR) is 116 cm³/mol. The van der Waals surface area contributed by atoms with Gasteiger partial charge in [-0.1, -0.05) is 6.07 Å². The molecule has 0 atom stereocenters. The predicted octanol–water partition coefficient (Wildman–Crippen LogP) is 2.26. The maximum atomic E-state index is 12.9. The normalized spacial score (nSPS) is 16.4. The van der Waals surface area contributed by atoms with Gasteiger partial charge in [0.1, 0.15) is 5.69 Å². The Morgan fingerprint density at radius 2 is 1.90 bits per heavy atom. The fourth-order valence-electron chi connectivity index (χ4n) is 4.19. The van der Waals surface area contributed by atoms with E-state index in [2.05, 4.69) is 9.71 Å². The lowest BCUT2D eigenvalue weighted by Crippen LogP contribution is -2.34. The van der Waals surface area contributed by atoms with Crippen molar-refractivity contribution in [1.29, 1.82) is 0 Å². The van der Waals surface area contributed by atoms with Crippen molar-refractivity contribution in [3.05, 3.63) is 47.3 Å². The number of H-pyrrole nitrogens is 1. The Morgan fingerprint density at radius 1 is 1.13 bits per heavy atom. The molecule has 1 amide bonds. The summed E-state index contributed by atoms with van der Waals surface area (Å²) in [6, 6.07) is 7.08. The maximum absolute atomic E-state index is 12.9. The first-order valence-corrected chi connectivity index (χ1v) is 12.1. The monoisotopic (exact) mass is 430 g/mol. The Morgan fingerprint density at radius 3 is 2.63 bits per heavy atom. The number of likely N-dealkylation sites (tertiary alicyclic amines) is 1. The number of ketones is 1. The number of carbonyl (C=O) groups excluding carboxylic acids is 2. The SMILES string of the molecule is CS(=O)(=O)Nc1cccc2c1CCCN2CC(=O)c1c[nH]c(C(=O)N2CCCC2)c1. The number of carbonyl (C=O) groups is 2. The van der Waals surface area contributed by atoms with E-state index in [0.717, 1.165) is 56.3 Å². The van der Waals surface area contributed by atoms with Gasteiger partial charge in [-0.3, -0.25) is 14.3 Å². The fourth-order valence-corrected chi connectivity index (χ4v) is 4.79. The molecule has 30 heavy (non-hydrogen) atoms. The van der Waals surface area contributed by atoms with Crippen LogP contribution < -0.4 is 9.62 Å². The van der Waals surface area contributed by atoms with Gasteiger partial charge in [0.2, 0.25) is 10.0 Å². The molecule has 3 heterocycles. The Labute approximate surface area is 176 Å². The van der Waals surface area contributed by atoms with E-state index in [9.17, 15) is 18.0 Å². The van der Waals surface area contributed by atoms with Crippen molar-refractivity contribution in [3.8, 4) is 0 Å². The summed E-state index contributed by atoms with van der Waals surface area (Å²) in [7, 11) is -3.38. The Balaban J connectivity index is 1.50. The fraction of sp³-hybridized carbons (Fsp3) is 0.429. The highest BCUT2D eigenvalue weighted by atomic mass is 32.2. The number of amides is 1. The third kappa shape index (κ3) is 4.35. The number of aromatic amines is 1. The van der Waals surface area contributed by atoms with Crippen molar-refractivity contribution in [1.82, 2.24) is 9.88 Å². The number of hydrogen-bond acceptors (Lipinski definition) is 5. The summed E-state index contributed by atoms with van der Waals surface area (Å²) in [6.45, 7) is 2.40. The molecule has 0 aliphatic carbocycles. The number of rotatable bonds is 6. The molecule has 160 valence electrons. The number of nitrogens with zero attached hydrogens (tertiary/aromatic N) is 2. The summed E-state index contributed by atoms with van der Waals surface area (Å²) in [5, 5.41) is 0. The Bertz CT molecular complexity index is 1070. The van der Waals surface area contributed by atoms with Crippen LogP contribution in [0.3, 0.4) is 0 Å². The first-order chi connectivity index (χ1) is 14.3. The molecule has 1 aromatic carbocycles. The summed E-state index contributed by atoms with van der Waals surface area (Å²) in [6.07, 6.45) is 6.33. The van der Waals surface area contributed by atoms with Crippen LogP contribution in [0.5, 0.6) is 0 Å². The first-order valence-electron chi connectivity index (χ1n) is 10.2. The van der Waals surface area contributed by atoms with Gasteiger partial charge in [0.25, 0.3) is 5.91 Å². The second kappa shape index (κ2) is 8.14. The molecule has 4 rings (SSSR count). The molecule has 2 aliphatic heterocycles. The molecule has 1 saturated heterocycles. The van der Waals surface area contributed by atoms with Crippen LogP contribution in [0.1, 0.15) is 45.7 Å². The highest BCUT2D eigenvalue weighted by molar-refractivity contribution is 7.92. The van der Waals surface area contributed by atoms with Gasteiger partial charge in [0.15, 0.2) is 5.78 Å². The zero-order chi connectivity index (χ0) is 21.3. The van der Waals surface area contributed by atoms with Gasteiger partial charge in [0.05, 0.1) is 18.5 Å². The van der Waals surface area contributed by atoms with Crippen molar-refractivity contribution in [3.63, 3.8) is 0 Å². The average Bonchev–Trinajstić information content (AvgIpc) is 3.39. The minimum absolute atomic E-state index is 0.0636. The van der Waals surface area contributed by atoms with Crippen LogP contribution in [-0.4, -0.2) is 62.4 Å². The molecule has 0 bridgehead atoms. The van der Waals surface area contributed by atoms with Crippen LogP contribution in [0.2, 0.25) is 0 Å². The second-order valence-corrected chi connectivity index (χ2v) is 9.68. The average molecular weight is 431 g/mol. The molecular formula is C21H26N4O4S. The van der Waals surface area contributed by atoms with E-state index in [1.165, 1.54) is 0 Å². The van der Waals surface area contributed by atoms with Crippen LogP contribution in [0.15, 0.2) is 30.5 Å². The number of hydrogen-bond donors (Lipinski definition) is 2. The zero-order valence-corrected chi connectivity index (χ0v) is 17.8. The number of Topliss-reactive ketones (excluding diaryl/α,β-unsaturated/α-hetero) is 1. The molecule has 2 N–H and O–H groups in total. The van der Waals surface area contributed by atoms with Crippen LogP contribution in [0.25, 0.3) is 0 Å². The van der Waals surface area contributed by atoms with Gasteiger partial charge < -0.3 is 14.8 Å². The Hall–Kier alpha value is -2.81. The highest BCUT2D eigenvalue weighted by Crippen LogP contribution is 2.33. The molecule has 1 fully saturated rings. The van der Waals surface area contributed by atoms with E-state index < -0.39 is 10.0 Å². The number of benzene rings is 1. The summed E-state index contributed by atoms with van der Waals surface area (Å²) in [5.41, 5.74) is 3.26. The van der Waals surface area contributed by atoms with Gasteiger partial charge >= 0.3 is 0 Å². The van der Waals surface area contributed by atoms with Gasteiger partial charge in [-0.05, 0) is 49.4 Å². The smallest absolute Gasteiger partial charge is 0.270 e. The number of nitrogens with one attached hydrogen (secondary N) is 2. The summed E-state index contributed by atoms with van der Waals surface area (Å²) < 4.78 is 25.9. The van der Waals surface area contributed by atoms with Crippen LogP contribution >= 0.6 is 0 Å². The van der Waals surface area contributed by atoms with E-state index in [-0.39, 0.29) is 18.2 Å². The molecular weight excluding hydrogens is 404 g/mol. The van der Waals surface area contributed by atoms with E-state index in [4.69, 9.17) is 0 Å². The number of fused-ring (bicyclic) bond motifs is 1. The molecule has 2 aromatic rings. The number of aromatic nitrogens is 1. The van der Waals surface area contributed by atoms with Crippen LogP contribution in [0.4, 0.5) is 11.4 Å². The van der Waals surface area contributed by atoms with Crippen molar-refractivity contribution >= 4 is 33.1 Å². The highest BCUT2D eigenvalue weighted by Gasteiger charge is 2.25. The van der Waals surface area contributed by atoms with E-state index in [1.807, 2.05) is 11.0 Å². The number of anilines is 2. The van der Waals surface area contributed by atoms with Crippen molar-refractivity contribution in [2.45, 2.75) is 25.7 Å². The minimum atomic E-state index is -3.38. The van der Waals surface area contributed by atoms with Crippen LogP contribution in [-0.2, 0) is 16.4 Å². The third-order valence-electron chi connectivity index (χ3n) is 5.61. The lowest BCUT2D eigenvalue weighted by molar-refractivity contribution is 0.0787. The molecule has 9 heteroatoms. The van der Waals surface area contributed by atoms with E-state index in [0.29, 0.717) is 23.5 Å². The summed E-state index contributed by atoms with van der Waals surface area (Å²) in [5.74, 6) is -0.146. The van der Waals surface area contributed by atoms with E-state index >= 15 is 0 Å². The van der Waals surface area contributed by atoms with Gasteiger partial charge in [-0.15, -0.1) is 0 Å². The first kappa shape index (κ1) is 20.5. The Kier molecular flexibility index (Phi) is 5.55. The van der Waals surface area contributed by atoms with Crippen molar-refractivity contribution < 1.29 is 18.0 Å². The lowest BCUT2D eigenvalue weighted by atomic mass is 9.99. The van der Waals surface area contributed by atoms with Crippen molar-refractivity contribution in [2.75, 3.05) is 42.1 Å². The molecule has 8 nitrogen and oxygen atoms in total. The summed E-state index contributed by atoms with van der Waals surface area (Å²) in [4.78, 5) is 32.1. The van der Waals surface area contributed by atoms with Crippen LogP contribution in [0, 0.1) is 0 Å². The quantitative estimate of drug-likeness (QED) is 0.685. The van der Waals surface area contributed by atoms with Gasteiger partial charge in [0, 0.05) is 37.1 Å². The van der Waals surface area contributed by atoms with E-state index in [1.54, 1.807) is 29.3 Å². The summed E-state index contributed by atoms with van der Waals surface area (Å²) >= 11 is 0. The third-order valence-corrected chi connectivity index (χ3v) is 6.20. The standard InChI is InChI=1S/C21H26N4O4S/c1-30(28,29)23-17-7-4-8-19-16(17)6-5-11-25(19)14-20(26)15-12-18(22-13-15)21(27)24-9-2-3-10-24/h4,7-8,12-13,22-23H,2-3,5-6,9-11,14H2,1H3. The second-order valence-electron chi connectivity index (χ2n) is 7.93. The molecule has 0 spiro atoms. The molecule has 0 unspecified atom stereocenters. The van der Waals surface area contributed by atoms with Gasteiger partial charge in [-0.25, -0.2) is 8.42 Å². The largest absolute Gasteiger partial charge is 0.364 e.